The average molecular weight is 1260 g/mol. The first-order chi connectivity index (χ1) is 45.7. The van der Waals surface area contributed by atoms with Crippen molar-refractivity contribution < 1.29 is 75.8 Å². The topological polar surface area (TPSA) is 156 Å². The standard InChI is InChI=1S/C77H82O16/c1-53-64(89-73(78)61-42-26-11-27-43-61)67(81-46-56-32-16-6-17-33-56)70(84-49-59-38-22-9-23-39-59)74(86-53)90-65-62(51-79-44-54-28-12-4-13-29-54)87-75(71(85-50-60-40-24-10-25-41-60)68(65)82-47-57-34-18-7-19-35-57)91-66-63(52-80-45-55-30-14-5-15-31-55)88-76-72(92-77(2,3)93-76)69(66)83-48-58-36-20-8-21-37-58/h4-43,53,62-72,74-76H,44-52H2,1-3H3/t53-,62-,63-,64+,65-,66-,67+,68+,69+,70-,71-,72-,74-,75-,76-/m1/s1. The van der Waals surface area contributed by atoms with Gasteiger partial charge in [-0.25, -0.2) is 4.79 Å². The summed E-state index contributed by atoms with van der Waals surface area (Å²) in [6, 6.07) is 78.1. The van der Waals surface area contributed by atoms with Gasteiger partial charge in [0.15, 0.2) is 30.8 Å². The van der Waals surface area contributed by atoms with Crippen LogP contribution in [0.3, 0.4) is 0 Å². The Balaban J connectivity index is 0.955. The second-order valence-corrected chi connectivity index (χ2v) is 24.1. The van der Waals surface area contributed by atoms with Crippen molar-refractivity contribution in [3.05, 3.63) is 287 Å². The van der Waals surface area contributed by atoms with Crippen molar-refractivity contribution >= 4 is 5.97 Å². The molecule has 4 heterocycles. The van der Waals surface area contributed by atoms with Gasteiger partial charge < -0.3 is 71.1 Å². The Kier molecular flexibility index (Phi) is 23.1. The fraction of sp³-hybridized carbons (Fsp3) is 0.364. The quantitative estimate of drug-likeness (QED) is 0.0408. The minimum atomic E-state index is -1.25. The molecule has 4 aliphatic heterocycles. The summed E-state index contributed by atoms with van der Waals surface area (Å²) in [5.74, 6) is -1.59. The van der Waals surface area contributed by atoms with Crippen LogP contribution in [0.4, 0.5) is 0 Å². The van der Waals surface area contributed by atoms with Crippen molar-refractivity contribution in [2.75, 3.05) is 13.2 Å². The second-order valence-electron chi connectivity index (χ2n) is 24.1. The molecule has 0 aliphatic carbocycles. The third-order valence-corrected chi connectivity index (χ3v) is 16.8. The molecule has 15 atom stereocenters. The van der Waals surface area contributed by atoms with Gasteiger partial charge >= 0.3 is 5.97 Å². The Morgan fingerprint density at radius 3 is 1.09 bits per heavy atom. The molecule has 0 aromatic heterocycles. The van der Waals surface area contributed by atoms with Crippen LogP contribution in [0.2, 0.25) is 0 Å². The monoisotopic (exact) mass is 1260 g/mol. The molecule has 16 heteroatoms. The molecule has 8 aromatic rings. The van der Waals surface area contributed by atoms with E-state index in [1.807, 2.05) is 239 Å². The lowest BCUT2D eigenvalue weighted by molar-refractivity contribution is -0.386. The molecular formula is C77H82O16. The summed E-state index contributed by atoms with van der Waals surface area (Å²) < 4.78 is 106. The Morgan fingerprint density at radius 2 is 0.677 bits per heavy atom. The van der Waals surface area contributed by atoms with E-state index < -0.39 is 104 Å². The fourth-order valence-electron chi connectivity index (χ4n) is 12.1. The van der Waals surface area contributed by atoms with Crippen LogP contribution < -0.4 is 0 Å². The molecule has 0 unspecified atom stereocenters. The van der Waals surface area contributed by atoms with Gasteiger partial charge in [-0.1, -0.05) is 231 Å². The fourth-order valence-corrected chi connectivity index (χ4v) is 12.1. The number of ether oxygens (including phenoxy) is 15. The molecule has 16 nitrogen and oxygen atoms in total. The van der Waals surface area contributed by atoms with Crippen LogP contribution in [0, 0.1) is 0 Å². The first-order valence-corrected chi connectivity index (χ1v) is 32.1. The molecule has 0 amide bonds. The maximum atomic E-state index is 14.2. The number of carbonyl (C=O) groups excluding carboxylic acids is 1. The number of rotatable bonds is 29. The lowest BCUT2D eigenvalue weighted by Gasteiger charge is -2.51. The minimum Gasteiger partial charge on any atom is -0.453 e. The number of esters is 1. The van der Waals surface area contributed by atoms with E-state index in [-0.39, 0.29) is 52.9 Å². The first-order valence-electron chi connectivity index (χ1n) is 32.1. The van der Waals surface area contributed by atoms with Crippen LogP contribution in [-0.2, 0) is 117 Å². The number of benzene rings is 8. The molecule has 4 saturated heterocycles. The molecule has 93 heavy (non-hydrogen) atoms. The predicted molar refractivity (Wildman–Crippen MR) is 344 cm³/mol. The van der Waals surface area contributed by atoms with Gasteiger partial charge in [0.05, 0.1) is 71.1 Å². The predicted octanol–water partition coefficient (Wildman–Crippen LogP) is 12.7. The Labute approximate surface area is 544 Å². The van der Waals surface area contributed by atoms with Gasteiger partial charge in [0.25, 0.3) is 0 Å². The Bertz CT molecular complexity index is 3450. The van der Waals surface area contributed by atoms with E-state index in [0.29, 0.717) is 12.2 Å². The first kappa shape index (κ1) is 65.7. The highest BCUT2D eigenvalue weighted by atomic mass is 16.8. The van der Waals surface area contributed by atoms with Gasteiger partial charge in [-0.2, -0.15) is 0 Å². The summed E-state index contributed by atoms with van der Waals surface area (Å²) in [4.78, 5) is 14.2. The number of hydrogen-bond donors (Lipinski definition) is 0. The molecule has 0 radical (unpaired) electrons. The van der Waals surface area contributed by atoms with Gasteiger partial charge in [-0.15, -0.1) is 0 Å². The van der Waals surface area contributed by atoms with E-state index >= 15 is 0 Å². The van der Waals surface area contributed by atoms with Crippen molar-refractivity contribution in [2.45, 2.75) is 165 Å². The molecule has 12 rings (SSSR count). The molecule has 0 bridgehead atoms. The average Bonchev–Trinajstić information content (AvgIpc) is 1.74. The van der Waals surface area contributed by atoms with E-state index in [0.717, 1.165) is 38.9 Å². The molecule has 0 spiro atoms. The van der Waals surface area contributed by atoms with Gasteiger partial charge in [-0.05, 0) is 71.8 Å². The highest BCUT2D eigenvalue weighted by Gasteiger charge is 2.59. The maximum Gasteiger partial charge on any atom is 0.338 e. The lowest BCUT2D eigenvalue weighted by Crippen LogP contribution is -2.67. The summed E-state index contributed by atoms with van der Waals surface area (Å²) in [5.41, 5.74) is 6.79. The Hall–Kier alpha value is -7.33. The number of carbonyl (C=O) groups is 1. The largest absolute Gasteiger partial charge is 0.453 e. The molecular weight excluding hydrogens is 1180 g/mol. The zero-order valence-corrected chi connectivity index (χ0v) is 52.7. The van der Waals surface area contributed by atoms with Crippen LogP contribution >= 0.6 is 0 Å². The molecule has 4 aliphatic rings. The van der Waals surface area contributed by atoms with Crippen LogP contribution in [0.5, 0.6) is 0 Å². The summed E-state index contributed by atoms with van der Waals surface area (Å²) in [7, 11) is 0. The number of fused-ring (bicyclic) bond motifs is 1. The summed E-state index contributed by atoms with van der Waals surface area (Å²) in [5, 5.41) is 0. The SMILES string of the molecule is C[C@H]1O[C@H](O[C@H]2[C@H](OCc3ccccc3)[C@@H](OCc3ccccc3)[C@@H](O[C@H]3[C@H](OCc4ccccc4)[C@H]4OC(C)(C)O[C@H]4O[C@@H]3COCc3ccccc3)O[C@@H]2COCc2ccccc2)[C@H](OCc2ccccc2)[C@@H](OCc2ccccc2)[C@H]1OC(=O)c1ccccc1. The normalized spacial score (nSPS) is 27.5. The Morgan fingerprint density at radius 1 is 0.355 bits per heavy atom. The highest BCUT2D eigenvalue weighted by Crippen LogP contribution is 2.42. The summed E-state index contributed by atoms with van der Waals surface area (Å²) in [6.45, 7) is 6.82. The van der Waals surface area contributed by atoms with Crippen molar-refractivity contribution in [3.63, 3.8) is 0 Å². The number of hydrogen-bond acceptors (Lipinski definition) is 16. The molecule has 8 aromatic carbocycles. The van der Waals surface area contributed by atoms with Crippen LogP contribution in [0.25, 0.3) is 0 Å². The third-order valence-electron chi connectivity index (χ3n) is 16.8. The smallest absolute Gasteiger partial charge is 0.338 e. The molecule has 486 valence electrons. The van der Waals surface area contributed by atoms with Crippen LogP contribution in [0.1, 0.15) is 70.1 Å². The van der Waals surface area contributed by atoms with E-state index in [9.17, 15) is 4.79 Å². The minimum absolute atomic E-state index is 0.0341. The highest BCUT2D eigenvalue weighted by molar-refractivity contribution is 5.89. The van der Waals surface area contributed by atoms with Crippen molar-refractivity contribution in [2.24, 2.45) is 0 Å². The zero-order valence-electron chi connectivity index (χ0n) is 52.7. The van der Waals surface area contributed by atoms with E-state index in [2.05, 4.69) is 0 Å². The lowest BCUT2D eigenvalue weighted by atomic mass is 9.95. The van der Waals surface area contributed by atoms with Crippen molar-refractivity contribution in [3.8, 4) is 0 Å². The summed E-state index contributed by atoms with van der Waals surface area (Å²) >= 11 is 0. The van der Waals surface area contributed by atoms with Gasteiger partial charge in [-0.3, -0.25) is 0 Å². The van der Waals surface area contributed by atoms with Gasteiger partial charge in [0.1, 0.15) is 61.0 Å². The van der Waals surface area contributed by atoms with E-state index in [4.69, 9.17) is 71.1 Å². The molecule has 4 fully saturated rings. The van der Waals surface area contributed by atoms with Gasteiger partial charge in [0, 0.05) is 0 Å². The molecule has 0 saturated carbocycles. The van der Waals surface area contributed by atoms with Crippen LogP contribution in [0.15, 0.2) is 243 Å². The van der Waals surface area contributed by atoms with E-state index in [1.165, 1.54) is 0 Å². The third kappa shape index (κ3) is 17.9. The van der Waals surface area contributed by atoms with E-state index in [1.54, 1.807) is 24.3 Å². The molecule has 0 N–H and O–H groups in total. The second kappa shape index (κ2) is 32.7. The maximum absolute atomic E-state index is 14.2. The van der Waals surface area contributed by atoms with Crippen LogP contribution in [-0.4, -0.2) is 117 Å². The summed E-state index contributed by atoms with van der Waals surface area (Å²) in [6.07, 6.45) is -14.7. The van der Waals surface area contributed by atoms with Crippen molar-refractivity contribution in [1.29, 1.82) is 0 Å². The van der Waals surface area contributed by atoms with Gasteiger partial charge in [0.2, 0.25) is 0 Å². The van der Waals surface area contributed by atoms with Crippen molar-refractivity contribution in [1.82, 2.24) is 0 Å². The zero-order chi connectivity index (χ0) is 63.6.